The van der Waals surface area contributed by atoms with Gasteiger partial charge in [-0.05, 0) is 36.6 Å². The summed E-state index contributed by atoms with van der Waals surface area (Å²) in [6, 6.07) is 8.35. The molecule has 18 heavy (non-hydrogen) atoms. The fraction of sp³-hybridized carbons (Fsp3) is 0.600. The van der Waals surface area contributed by atoms with E-state index in [1.807, 2.05) is 6.07 Å². The second-order valence-electron chi connectivity index (χ2n) is 4.67. The number of hydrogen-bond acceptors (Lipinski definition) is 3. The number of benzene rings is 1. The molecule has 102 valence electrons. The van der Waals surface area contributed by atoms with E-state index in [0.29, 0.717) is 5.92 Å². The lowest BCUT2D eigenvalue weighted by molar-refractivity contribution is 0.198. The molecule has 0 atom stereocenters. The lowest BCUT2D eigenvalue weighted by Gasteiger charge is -2.10. The Labute approximate surface area is 110 Å². The zero-order chi connectivity index (χ0) is 13.2. The summed E-state index contributed by atoms with van der Waals surface area (Å²) in [7, 11) is 1.71. The molecule has 0 aliphatic rings. The minimum Gasteiger partial charge on any atom is -0.494 e. The lowest BCUT2D eigenvalue weighted by Crippen LogP contribution is -2.21. The highest BCUT2D eigenvalue weighted by Gasteiger charge is 2.00. The Morgan fingerprint density at radius 1 is 1.17 bits per heavy atom. The van der Waals surface area contributed by atoms with Crippen LogP contribution in [0.5, 0.6) is 5.75 Å². The van der Waals surface area contributed by atoms with Gasteiger partial charge in [0.2, 0.25) is 0 Å². The molecule has 0 bridgehead atoms. The van der Waals surface area contributed by atoms with Crippen LogP contribution >= 0.6 is 0 Å². The largest absolute Gasteiger partial charge is 0.494 e. The molecule has 0 aliphatic heterocycles. The molecule has 0 radical (unpaired) electrons. The van der Waals surface area contributed by atoms with Gasteiger partial charge in [-0.3, -0.25) is 0 Å². The van der Waals surface area contributed by atoms with Gasteiger partial charge in [-0.25, -0.2) is 0 Å². The molecule has 3 heteroatoms. The SMILES string of the molecule is COCCNCCCOc1cccc(C(C)C)c1. The first-order valence-corrected chi connectivity index (χ1v) is 6.66. The summed E-state index contributed by atoms with van der Waals surface area (Å²) in [6.45, 7) is 7.77. The van der Waals surface area contributed by atoms with E-state index in [-0.39, 0.29) is 0 Å². The number of hydrogen-bond donors (Lipinski definition) is 1. The van der Waals surface area contributed by atoms with Crippen molar-refractivity contribution in [3.8, 4) is 5.75 Å². The van der Waals surface area contributed by atoms with E-state index in [2.05, 4.69) is 37.4 Å². The Morgan fingerprint density at radius 2 is 2.00 bits per heavy atom. The van der Waals surface area contributed by atoms with E-state index in [9.17, 15) is 0 Å². The van der Waals surface area contributed by atoms with E-state index in [1.165, 1.54) is 5.56 Å². The van der Waals surface area contributed by atoms with Crippen molar-refractivity contribution in [3.05, 3.63) is 29.8 Å². The second kappa shape index (κ2) is 8.95. The quantitative estimate of drug-likeness (QED) is 0.685. The van der Waals surface area contributed by atoms with Crippen molar-refractivity contribution in [1.82, 2.24) is 5.32 Å². The summed E-state index contributed by atoms with van der Waals surface area (Å²) in [5, 5.41) is 3.30. The summed E-state index contributed by atoms with van der Waals surface area (Å²) in [5.74, 6) is 1.52. The second-order valence-corrected chi connectivity index (χ2v) is 4.67. The first kappa shape index (κ1) is 15.0. The Hall–Kier alpha value is -1.06. The topological polar surface area (TPSA) is 30.5 Å². The third kappa shape index (κ3) is 6.03. The van der Waals surface area contributed by atoms with Crippen LogP contribution < -0.4 is 10.1 Å². The average molecular weight is 251 g/mol. The highest BCUT2D eigenvalue weighted by molar-refractivity contribution is 5.30. The zero-order valence-electron chi connectivity index (χ0n) is 11.7. The summed E-state index contributed by atoms with van der Waals surface area (Å²) in [4.78, 5) is 0. The molecule has 0 aliphatic carbocycles. The van der Waals surface area contributed by atoms with Gasteiger partial charge in [0.1, 0.15) is 5.75 Å². The zero-order valence-corrected chi connectivity index (χ0v) is 11.7. The number of methoxy groups -OCH3 is 1. The maximum absolute atomic E-state index is 5.73. The Kier molecular flexibility index (Phi) is 7.46. The molecule has 1 N–H and O–H groups in total. The lowest BCUT2D eigenvalue weighted by atomic mass is 10.0. The maximum Gasteiger partial charge on any atom is 0.119 e. The van der Waals surface area contributed by atoms with Gasteiger partial charge < -0.3 is 14.8 Å². The van der Waals surface area contributed by atoms with Gasteiger partial charge in [-0.1, -0.05) is 26.0 Å². The smallest absolute Gasteiger partial charge is 0.119 e. The molecular weight excluding hydrogens is 226 g/mol. The minimum absolute atomic E-state index is 0.546. The van der Waals surface area contributed by atoms with Crippen LogP contribution in [0, 0.1) is 0 Å². The average Bonchev–Trinajstić information content (AvgIpc) is 2.38. The summed E-state index contributed by atoms with van der Waals surface area (Å²) in [5.41, 5.74) is 1.32. The Morgan fingerprint density at radius 3 is 2.72 bits per heavy atom. The third-order valence-electron chi connectivity index (χ3n) is 2.77. The van der Waals surface area contributed by atoms with Crippen LogP contribution in [0.1, 0.15) is 31.7 Å². The van der Waals surface area contributed by atoms with Crippen molar-refractivity contribution < 1.29 is 9.47 Å². The van der Waals surface area contributed by atoms with Gasteiger partial charge in [-0.2, -0.15) is 0 Å². The maximum atomic E-state index is 5.73. The molecule has 0 heterocycles. The highest BCUT2D eigenvalue weighted by atomic mass is 16.5. The molecular formula is C15H25NO2. The molecule has 0 unspecified atom stereocenters. The minimum atomic E-state index is 0.546. The van der Waals surface area contributed by atoms with Crippen LogP contribution in [-0.2, 0) is 4.74 Å². The van der Waals surface area contributed by atoms with Crippen LogP contribution in [-0.4, -0.2) is 33.4 Å². The van der Waals surface area contributed by atoms with Gasteiger partial charge in [0, 0.05) is 13.7 Å². The Bertz CT molecular complexity index is 326. The van der Waals surface area contributed by atoms with Gasteiger partial charge in [0.05, 0.1) is 13.2 Å². The van der Waals surface area contributed by atoms with E-state index < -0.39 is 0 Å². The number of rotatable bonds is 9. The van der Waals surface area contributed by atoms with Gasteiger partial charge in [0.15, 0.2) is 0 Å². The summed E-state index contributed by atoms with van der Waals surface area (Å²) < 4.78 is 10.7. The summed E-state index contributed by atoms with van der Waals surface area (Å²) in [6.07, 6.45) is 1.01. The van der Waals surface area contributed by atoms with Crippen LogP contribution in [0.4, 0.5) is 0 Å². The number of nitrogens with one attached hydrogen (secondary N) is 1. The van der Waals surface area contributed by atoms with Crippen molar-refractivity contribution in [2.75, 3.05) is 33.4 Å². The van der Waals surface area contributed by atoms with Gasteiger partial charge in [-0.15, -0.1) is 0 Å². The molecule has 0 spiro atoms. The van der Waals surface area contributed by atoms with Crippen molar-refractivity contribution >= 4 is 0 Å². The molecule has 1 rings (SSSR count). The first-order chi connectivity index (χ1) is 8.74. The highest BCUT2D eigenvalue weighted by Crippen LogP contribution is 2.20. The summed E-state index contributed by atoms with van der Waals surface area (Å²) >= 11 is 0. The molecule has 1 aromatic rings. The van der Waals surface area contributed by atoms with Gasteiger partial charge in [0.25, 0.3) is 0 Å². The van der Waals surface area contributed by atoms with Crippen molar-refractivity contribution in [2.45, 2.75) is 26.2 Å². The fourth-order valence-corrected chi connectivity index (χ4v) is 1.65. The number of ether oxygens (including phenoxy) is 2. The van der Waals surface area contributed by atoms with E-state index in [1.54, 1.807) is 7.11 Å². The van der Waals surface area contributed by atoms with Crippen molar-refractivity contribution in [2.24, 2.45) is 0 Å². The van der Waals surface area contributed by atoms with E-state index >= 15 is 0 Å². The van der Waals surface area contributed by atoms with Crippen LogP contribution in [0.15, 0.2) is 24.3 Å². The first-order valence-electron chi connectivity index (χ1n) is 6.66. The van der Waals surface area contributed by atoms with Crippen molar-refractivity contribution in [1.29, 1.82) is 0 Å². The normalized spacial score (nSPS) is 10.9. The molecule has 0 saturated carbocycles. The predicted octanol–water partition coefficient (Wildman–Crippen LogP) is 2.81. The van der Waals surface area contributed by atoms with Crippen LogP contribution in [0.2, 0.25) is 0 Å². The molecule has 0 saturated heterocycles. The van der Waals surface area contributed by atoms with Crippen LogP contribution in [0.3, 0.4) is 0 Å². The molecule has 0 amide bonds. The Balaban J connectivity index is 2.17. The fourth-order valence-electron chi connectivity index (χ4n) is 1.65. The molecule has 0 fully saturated rings. The third-order valence-corrected chi connectivity index (χ3v) is 2.77. The monoisotopic (exact) mass is 251 g/mol. The van der Waals surface area contributed by atoms with Crippen molar-refractivity contribution in [3.63, 3.8) is 0 Å². The molecule has 1 aromatic carbocycles. The van der Waals surface area contributed by atoms with Crippen LogP contribution in [0.25, 0.3) is 0 Å². The van der Waals surface area contributed by atoms with E-state index in [0.717, 1.165) is 38.5 Å². The van der Waals surface area contributed by atoms with Gasteiger partial charge >= 0.3 is 0 Å². The molecule has 0 aromatic heterocycles. The predicted molar refractivity (Wildman–Crippen MR) is 75.4 cm³/mol. The van der Waals surface area contributed by atoms with E-state index in [4.69, 9.17) is 9.47 Å². The molecule has 3 nitrogen and oxygen atoms in total. The standard InChI is InChI=1S/C15H25NO2/c1-13(2)14-6-4-7-15(12-14)18-10-5-8-16-9-11-17-3/h4,6-7,12-13,16H,5,8-11H2,1-3H3.